The Balaban J connectivity index is 1.76. The van der Waals surface area contributed by atoms with Gasteiger partial charge in [0.2, 0.25) is 5.91 Å². The van der Waals surface area contributed by atoms with Crippen molar-refractivity contribution in [2.24, 2.45) is 0 Å². The molecule has 0 bridgehead atoms. The molecule has 0 aromatic heterocycles. The monoisotopic (exact) mass is 513 g/mol. The fourth-order valence-electron chi connectivity index (χ4n) is 2.62. The maximum atomic E-state index is 12.6. The molecule has 3 N–H and O–H groups in total. The van der Waals surface area contributed by atoms with Crippen molar-refractivity contribution in [3.63, 3.8) is 0 Å². The van der Waals surface area contributed by atoms with Crippen molar-refractivity contribution < 1.29 is 21.6 Å². The quantitative estimate of drug-likeness (QED) is 0.427. The molecule has 3 rings (SSSR count). The summed E-state index contributed by atoms with van der Waals surface area (Å²) >= 11 is 11.9. The summed E-state index contributed by atoms with van der Waals surface area (Å²) in [5, 5.41) is 2.80. The van der Waals surface area contributed by atoms with E-state index < -0.39 is 20.0 Å². The molecular formula is C20H17Cl2N3O5S2. The van der Waals surface area contributed by atoms with Gasteiger partial charge in [0.05, 0.1) is 25.5 Å². The lowest BCUT2D eigenvalue weighted by Crippen LogP contribution is -2.15. The first-order chi connectivity index (χ1) is 15.0. The molecule has 12 heteroatoms. The lowest BCUT2D eigenvalue weighted by Gasteiger charge is -2.12. The fraction of sp³-hybridized carbons (Fsp3) is 0.0500. The van der Waals surface area contributed by atoms with Crippen molar-refractivity contribution in [3.8, 4) is 0 Å². The van der Waals surface area contributed by atoms with Crippen molar-refractivity contribution >= 4 is 66.2 Å². The number of halogens is 2. The van der Waals surface area contributed by atoms with Crippen LogP contribution in [0.4, 0.5) is 17.1 Å². The van der Waals surface area contributed by atoms with Gasteiger partial charge in [-0.15, -0.1) is 0 Å². The Labute approximate surface area is 195 Å². The topological polar surface area (TPSA) is 121 Å². The molecule has 0 heterocycles. The second kappa shape index (κ2) is 9.37. The summed E-state index contributed by atoms with van der Waals surface area (Å²) in [7, 11) is -7.91. The summed E-state index contributed by atoms with van der Waals surface area (Å²) in [6.45, 7) is 1.34. The predicted molar refractivity (Wildman–Crippen MR) is 125 cm³/mol. The summed E-state index contributed by atoms with van der Waals surface area (Å²) in [5.41, 5.74) is 0.737. The highest BCUT2D eigenvalue weighted by molar-refractivity contribution is 7.93. The smallest absolute Gasteiger partial charge is 0.261 e. The van der Waals surface area contributed by atoms with E-state index in [2.05, 4.69) is 14.8 Å². The Morgan fingerprint density at radius 2 is 1.22 bits per heavy atom. The van der Waals surface area contributed by atoms with Crippen molar-refractivity contribution in [2.75, 3.05) is 14.8 Å². The number of benzene rings is 3. The van der Waals surface area contributed by atoms with Crippen molar-refractivity contribution in [2.45, 2.75) is 16.7 Å². The van der Waals surface area contributed by atoms with Gasteiger partial charge in [0.25, 0.3) is 20.0 Å². The lowest BCUT2D eigenvalue weighted by atomic mass is 10.3. The highest BCUT2D eigenvalue weighted by Gasteiger charge is 2.18. The van der Waals surface area contributed by atoms with Crippen molar-refractivity contribution in [1.29, 1.82) is 0 Å². The predicted octanol–water partition coefficient (Wildman–Crippen LogP) is 4.55. The molecule has 0 aliphatic rings. The molecule has 0 spiro atoms. The van der Waals surface area contributed by atoms with Crippen LogP contribution in [-0.2, 0) is 24.8 Å². The highest BCUT2D eigenvalue weighted by Crippen LogP contribution is 2.31. The molecule has 3 aromatic rings. The number of anilines is 3. The number of amides is 1. The molecule has 3 aromatic carbocycles. The molecule has 32 heavy (non-hydrogen) atoms. The van der Waals surface area contributed by atoms with E-state index in [1.807, 2.05) is 0 Å². The van der Waals surface area contributed by atoms with Crippen LogP contribution in [-0.4, -0.2) is 22.7 Å². The second-order valence-electron chi connectivity index (χ2n) is 6.54. The van der Waals surface area contributed by atoms with Crippen LogP contribution in [0.5, 0.6) is 0 Å². The minimum absolute atomic E-state index is 0.0273. The Hall–Kier alpha value is -2.79. The van der Waals surface area contributed by atoms with Crippen LogP contribution in [0.15, 0.2) is 76.5 Å². The molecule has 0 aliphatic heterocycles. The summed E-state index contributed by atoms with van der Waals surface area (Å²) < 4.78 is 55.1. The van der Waals surface area contributed by atoms with Gasteiger partial charge in [-0.25, -0.2) is 16.8 Å². The first-order valence-electron chi connectivity index (χ1n) is 8.95. The number of sulfonamides is 2. The maximum Gasteiger partial charge on any atom is 0.261 e. The van der Waals surface area contributed by atoms with E-state index in [4.69, 9.17) is 23.2 Å². The molecule has 8 nitrogen and oxygen atoms in total. The first-order valence-corrected chi connectivity index (χ1v) is 12.7. The van der Waals surface area contributed by atoms with Gasteiger partial charge in [0.1, 0.15) is 0 Å². The average Bonchev–Trinajstić information content (AvgIpc) is 2.71. The van der Waals surface area contributed by atoms with E-state index >= 15 is 0 Å². The van der Waals surface area contributed by atoms with Crippen LogP contribution in [0.2, 0.25) is 10.0 Å². The zero-order valence-electron chi connectivity index (χ0n) is 16.5. The first kappa shape index (κ1) is 23.9. The number of nitrogens with one attached hydrogen (secondary N) is 3. The van der Waals surface area contributed by atoms with Crippen LogP contribution >= 0.6 is 23.2 Å². The largest absolute Gasteiger partial charge is 0.326 e. The third-order valence-electron chi connectivity index (χ3n) is 4.10. The molecule has 0 fully saturated rings. The molecule has 0 unspecified atom stereocenters. The van der Waals surface area contributed by atoms with E-state index in [0.717, 1.165) is 0 Å². The number of carbonyl (C=O) groups excluding carboxylic acids is 1. The van der Waals surface area contributed by atoms with Gasteiger partial charge < -0.3 is 5.32 Å². The molecule has 1 amide bonds. The van der Waals surface area contributed by atoms with Crippen molar-refractivity contribution in [1.82, 2.24) is 0 Å². The van der Waals surface area contributed by atoms with Crippen molar-refractivity contribution in [3.05, 3.63) is 76.8 Å². The van der Waals surface area contributed by atoms with E-state index in [9.17, 15) is 21.6 Å². The summed E-state index contributed by atoms with van der Waals surface area (Å²) in [5.74, 6) is -0.277. The minimum atomic E-state index is -3.98. The number of carbonyl (C=O) groups is 1. The third kappa shape index (κ3) is 5.71. The number of rotatable bonds is 7. The Bertz CT molecular complexity index is 1360. The van der Waals surface area contributed by atoms with Crippen LogP contribution in [0, 0.1) is 0 Å². The van der Waals surface area contributed by atoms with E-state index in [1.165, 1.54) is 67.6 Å². The molecule has 0 atom stereocenters. The molecule has 0 radical (unpaired) electrons. The van der Waals surface area contributed by atoms with Gasteiger partial charge in [-0.2, -0.15) is 0 Å². The number of hydrogen-bond acceptors (Lipinski definition) is 5. The third-order valence-corrected chi connectivity index (χ3v) is 7.70. The standard InChI is InChI=1S/C20H17Cl2N3O5S2/c1-13(26)23-14-5-9-16(10-6-14)31(27,28)24-15-7-11-17(12-8-15)32(29,30)25-19-4-2-3-18(21)20(19)22/h2-12,24-25H,1H3,(H,23,26). The summed E-state index contributed by atoms with van der Waals surface area (Å²) in [6.07, 6.45) is 0. The normalized spacial score (nSPS) is 11.6. The molecule has 168 valence electrons. The summed E-state index contributed by atoms with van der Waals surface area (Å²) in [4.78, 5) is 10.9. The van der Waals surface area contributed by atoms with Crippen LogP contribution < -0.4 is 14.8 Å². The van der Waals surface area contributed by atoms with Gasteiger partial charge in [0, 0.05) is 18.3 Å². The Morgan fingerprint density at radius 1 is 0.719 bits per heavy atom. The van der Waals surface area contributed by atoms with Gasteiger partial charge in [0.15, 0.2) is 0 Å². The highest BCUT2D eigenvalue weighted by atomic mass is 35.5. The van der Waals surface area contributed by atoms with Gasteiger partial charge in [-0.1, -0.05) is 29.3 Å². The van der Waals surface area contributed by atoms with Gasteiger partial charge in [-0.3, -0.25) is 14.2 Å². The molecule has 0 saturated carbocycles. The second-order valence-corrected chi connectivity index (χ2v) is 10.7. The minimum Gasteiger partial charge on any atom is -0.326 e. The average molecular weight is 514 g/mol. The molecule has 0 saturated heterocycles. The Morgan fingerprint density at radius 3 is 1.75 bits per heavy atom. The number of hydrogen-bond donors (Lipinski definition) is 3. The van der Waals surface area contributed by atoms with E-state index in [0.29, 0.717) is 5.69 Å². The summed E-state index contributed by atoms with van der Waals surface area (Å²) in [6, 6.07) is 15.3. The molecular weight excluding hydrogens is 497 g/mol. The lowest BCUT2D eigenvalue weighted by molar-refractivity contribution is -0.114. The zero-order valence-corrected chi connectivity index (χ0v) is 19.6. The Kier molecular flexibility index (Phi) is 6.99. The fourth-order valence-corrected chi connectivity index (χ4v) is 5.16. The van der Waals surface area contributed by atoms with E-state index in [-0.39, 0.29) is 37.1 Å². The molecule has 0 aliphatic carbocycles. The van der Waals surface area contributed by atoms with Crippen LogP contribution in [0.1, 0.15) is 6.92 Å². The van der Waals surface area contributed by atoms with E-state index in [1.54, 1.807) is 6.07 Å². The SMILES string of the molecule is CC(=O)Nc1ccc(S(=O)(=O)Nc2ccc(S(=O)(=O)Nc3cccc(Cl)c3Cl)cc2)cc1. The maximum absolute atomic E-state index is 12.6. The van der Waals surface area contributed by atoms with Gasteiger partial charge in [-0.05, 0) is 60.7 Å². The zero-order chi connectivity index (χ0) is 23.5. The van der Waals surface area contributed by atoms with Crippen LogP contribution in [0.3, 0.4) is 0 Å². The van der Waals surface area contributed by atoms with Crippen LogP contribution in [0.25, 0.3) is 0 Å². The van der Waals surface area contributed by atoms with Gasteiger partial charge >= 0.3 is 0 Å².